The summed E-state index contributed by atoms with van der Waals surface area (Å²) < 4.78 is 30.8. The Morgan fingerprint density at radius 3 is 1.20 bits per heavy atom. The molecule has 3 atom stereocenters. The standard InChI is InChI=1S/C70H129N2O7P/c1-7-10-13-16-19-22-25-28-30-32-33-34-35-36-37-38-39-41-43-45-48-51-54-57-60-63-70(74)79-68(61-58-55-52-49-46-27-24-21-18-15-12-9-3)67(66-78-80(75,76)77-65-64-72(4,5)6)71-69(73)62-59-56-53-50-47-44-42-40-31-29-26-23-20-17-14-11-8-2/h10,13,19,22,28,30,33-34,36-37,58,61,67-68H,7-9,11-12,14-18,20-21,23-27,29,31-32,35,38-57,59-60,62-66H2,1-6H3,(H-,71,73,75,76)/p+1/b13-10-,22-19-,30-28-,34-33-,37-36-,61-58+. The highest BCUT2D eigenvalue weighted by atomic mass is 31.2. The van der Waals surface area contributed by atoms with Crippen molar-refractivity contribution < 1.29 is 37.3 Å². The van der Waals surface area contributed by atoms with Crippen LogP contribution in [-0.4, -0.2) is 74.3 Å². The number of hydrogen-bond donors (Lipinski definition) is 2. The topological polar surface area (TPSA) is 111 Å². The van der Waals surface area contributed by atoms with Crippen molar-refractivity contribution in [2.75, 3.05) is 40.9 Å². The van der Waals surface area contributed by atoms with Crippen molar-refractivity contribution in [3.63, 3.8) is 0 Å². The molecule has 9 nitrogen and oxygen atoms in total. The van der Waals surface area contributed by atoms with Gasteiger partial charge < -0.3 is 19.4 Å². The Labute approximate surface area is 495 Å². The quantitative estimate of drug-likeness (QED) is 0.0205. The van der Waals surface area contributed by atoms with Gasteiger partial charge in [0.25, 0.3) is 0 Å². The number of esters is 1. The summed E-state index contributed by atoms with van der Waals surface area (Å²) in [5.74, 6) is -0.502. The average molecular weight is 1140 g/mol. The van der Waals surface area contributed by atoms with E-state index in [-0.39, 0.29) is 31.5 Å². The highest BCUT2D eigenvalue weighted by molar-refractivity contribution is 7.47. The smallest absolute Gasteiger partial charge is 0.456 e. The highest BCUT2D eigenvalue weighted by Gasteiger charge is 2.30. The van der Waals surface area contributed by atoms with Gasteiger partial charge in [-0.1, -0.05) is 293 Å². The van der Waals surface area contributed by atoms with Gasteiger partial charge in [0, 0.05) is 12.8 Å². The van der Waals surface area contributed by atoms with Gasteiger partial charge in [0.2, 0.25) is 5.91 Å². The zero-order chi connectivity index (χ0) is 58.6. The number of phosphoric acid groups is 1. The number of ether oxygens (including phenoxy) is 1. The van der Waals surface area contributed by atoms with Crippen LogP contribution in [0.25, 0.3) is 0 Å². The average Bonchev–Trinajstić information content (AvgIpc) is 3.42. The lowest BCUT2D eigenvalue weighted by Crippen LogP contribution is -2.47. The zero-order valence-electron chi connectivity index (χ0n) is 53.3. The molecular weight excluding hydrogens is 1010 g/mol. The molecule has 0 aliphatic rings. The van der Waals surface area contributed by atoms with Gasteiger partial charge in [-0.15, -0.1) is 0 Å². The molecule has 0 aliphatic heterocycles. The molecule has 0 saturated carbocycles. The van der Waals surface area contributed by atoms with Crippen LogP contribution in [0.4, 0.5) is 0 Å². The molecular formula is C70H130N2O7P+. The molecule has 0 aromatic carbocycles. The summed E-state index contributed by atoms with van der Waals surface area (Å²) in [6, 6.07) is -0.851. The van der Waals surface area contributed by atoms with Crippen molar-refractivity contribution in [1.82, 2.24) is 5.32 Å². The van der Waals surface area contributed by atoms with Crippen LogP contribution in [0.3, 0.4) is 0 Å². The van der Waals surface area contributed by atoms with E-state index in [1.54, 1.807) is 0 Å². The second-order valence-corrected chi connectivity index (χ2v) is 25.4. The summed E-state index contributed by atoms with van der Waals surface area (Å²) in [5.41, 5.74) is 0. The normalized spacial score (nSPS) is 14.0. The summed E-state index contributed by atoms with van der Waals surface area (Å²) in [6.45, 7) is 6.93. The molecule has 0 saturated heterocycles. The largest absolute Gasteiger partial charge is 0.472 e. The zero-order valence-corrected chi connectivity index (χ0v) is 54.2. The van der Waals surface area contributed by atoms with Crippen LogP contribution in [0.5, 0.6) is 0 Å². The Bertz CT molecular complexity index is 1600. The molecule has 0 heterocycles. The lowest BCUT2D eigenvalue weighted by atomic mass is 10.0. The second-order valence-electron chi connectivity index (χ2n) is 24.0. The number of rotatable bonds is 61. The van der Waals surface area contributed by atoms with Crippen molar-refractivity contribution in [2.45, 2.75) is 322 Å². The summed E-state index contributed by atoms with van der Waals surface area (Å²) in [7, 11) is 1.50. The van der Waals surface area contributed by atoms with Crippen molar-refractivity contribution in [2.24, 2.45) is 0 Å². The van der Waals surface area contributed by atoms with Gasteiger partial charge in [-0.25, -0.2) is 4.57 Å². The van der Waals surface area contributed by atoms with Gasteiger partial charge in [0.1, 0.15) is 19.3 Å². The predicted octanol–water partition coefficient (Wildman–Crippen LogP) is 21.2. The summed E-state index contributed by atoms with van der Waals surface area (Å²) in [5, 5.41) is 3.07. The van der Waals surface area contributed by atoms with Gasteiger partial charge in [-0.3, -0.25) is 18.6 Å². The van der Waals surface area contributed by atoms with E-state index >= 15 is 0 Å². The van der Waals surface area contributed by atoms with E-state index in [0.717, 1.165) is 103 Å². The molecule has 80 heavy (non-hydrogen) atoms. The van der Waals surface area contributed by atoms with E-state index in [4.69, 9.17) is 13.8 Å². The van der Waals surface area contributed by atoms with Crippen LogP contribution >= 0.6 is 7.82 Å². The maximum absolute atomic E-state index is 13.6. The Balaban J connectivity index is 5.12. The highest BCUT2D eigenvalue weighted by Crippen LogP contribution is 2.43. The number of unbranched alkanes of at least 4 members (excludes halogenated alkanes) is 35. The number of hydrogen-bond acceptors (Lipinski definition) is 6. The Kier molecular flexibility index (Phi) is 57.7. The third-order valence-corrected chi connectivity index (χ3v) is 15.9. The third kappa shape index (κ3) is 60.1. The van der Waals surface area contributed by atoms with Gasteiger partial charge in [0.15, 0.2) is 0 Å². The predicted molar refractivity (Wildman–Crippen MR) is 346 cm³/mol. The van der Waals surface area contributed by atoms with Gasteiger partial charge >= 0.3 is 13.8 Å². The first kappa shape index (κ1) is 77.5. The van der Waals surface area contributed by atoms with Crippen LogP contribution < -0.4 is 5.32 Å². The van der Waals surface area contributed by atoms with Crippen molar-refractivity contribution in [3.8, 4) is 0 Å². The lowest BCUT2D eigenvalue weighted by molar-refractivity contribution is -0.870. The minimum atomic E-state index is -4.45. The molecule has 1 amide bonds. The van der Waals surface area contributed by atoms with E-state index in [1.807, 2.05) is 33.3 Å². The fourth-order valence-electron chi connectivity index (χ4n) is 9.73. The first-order chi connectivity index (χ1) is 38.9. The maximum atomic E-state index is 13.6. The monoisotopic (exact) mass is 1140 g/mol. The fourth-order valence-corrected chi connectivity index (χ4v) is 10.5. The molecule has 0 radical (unpaired) electrons. The SMILES string of the molecule is CC/C=C\C/C=C\C/C=C\C/C=C\C/C=C\CCCCCCCCCCCC(=O)OC(/C=C/CCCCCCCCCCCC)C(COP(=O)(O)OCC[N+](C)(C)C)NC(=O)CCCCCCCCCCCCCCCCCCC. The minimum absolute atomic E-state index is 0.0389. The molecule has 0 aromatic rings. The molecule has 0 aliphatic carbocycles. The van der Waals surface area contributed by atoms with Gasteiger partial charge in [-0.2, -0.15) is 0 Å². The molecule has 0 spiro atoms. The lowest BCUT2D eigenvalue weighted by Gasteiger charge is -2.27. The molecule has 0 rings (SSSR count). The number of carbonyl (C=O) groups excluding carboxylic acids is 2. The minimum Gasteiger partial charge on any atom is -0.456 e. The summed E-state index contributed by atoms with van der Waals surface area (Å²) in [6.07, 6.45) is 77.6. The summed E-state index contributed by atoms with van der Waals surface area (Å²) in [4.78, 5) is 37.8. The van der Waals surface area contributed by atoms with Crippen LogP contribution in [0.1, 0.15) is 310 Å². The molecule has 10 heteroatoms. The maximum Gasteiger partial charge on any atom is 0.472 e. The fraction of sp³-hybridized carbons (Fsp3) is 0.800. The number of quaternary nitrogens is 1. The summed E-state index contributed by atoms with van der Waals surface area (Å²) >= 11 is 0. The Morgan fingerprint density at radius 2 is 0.800 bits per heavy atom. The second kappa shape index (κ2) is 59.6. The van der Waals surface area contributed by atoms with Crippen molar-refractivity contribution in [3.05, 3.63) is 72.9 Å². The molecule has 0 aromatic heterocycles. The van der Waals surface area contributed by atoms with Crippen LogP contribution in [0.2, 0.25) is 0 Å². The Morgan fingerprint density at radius 1 is 0.450 bits per heavy atom. The van der Waals surface area contributed by atoms with Crippen LogP contribution in [-0.2, 0) is 27.9 Å². The number of amides is 1. The molecule has 3 unspecified atom stereocenters. The van der Waals surface area contributed by atoms with E-state index in [9.17, 15) is 19.0 Å². The number of phosphoric ester groups is 1. The van der Waals surface area contributed by atoms with E-state index < -0.39 is 20.0 Å². The number of nitrogens with one attached hydrogen (secondary N) is 1. The van der Waals surface area contributed by atoms with E-state index in [2.05, 4.69) is 86.8 Å². The van der Waals surface area contributed by atoms with Crippen molar-refractivity contribution >= 4 is 19.7 Å². The van der Waals surface area contributed by atoms with Gasteiger partial charge in [-0.05, 0) is 76.7 Å². The van der Waals surface area contributed by atoms with Crippen molar-refractivity contribution in [1.29, 1.82) is 0 Å². The molecule has 0 fully saturated rings. The van der Waals surface area contributed by atoms with E-state index in [1.165, 1.54) is 173 Å². The number of nitrogens with zero attached hydrogens (tertiary/aromatic N) is 1. The first-order valence-corrected chi connectivity index (χ1v) is 35.3. The molecule has 2 N–H and O–H groups in total. The third-order valence-electron chi connectivity index (χ3n) is 14.9. The number of carbonyl (C=O) groups is 2. The molecule has 466 valence electrons. The Hall–Kier alpha value is -2.55. The van der Waals surface area contributed by atoms with Crippen LogP contribution in [0, 0.1) is 0 Å². The number of allylic oxidation sites excluding steroid dienone is 11. The van der Waals surface area contributed by atoms with Gasteiger partial charge in [0.05, 0.1) is 33.8 Å². The first-order valence-electron chi connectivity index (χ1n) is 33.8. The molecule has 0 bridgehead atoms. The van der Waals surface area contributed by atoms with E-state index in [0.29, 0.717) is 17.4 Å². The van der Waals surface area contributed by atoms with Crippen LogP contribution in [0.15, 0.2) is 72.9 Å². The number of likely N-dealkylation sites (N-methyl/N-ethyl adjacent to an activating group) is 1.